The van der Waals surface area contributed by atoms with E-state index in [4.69, 9.17) is 5.73 Å². The number of amides is 2. The van der Waals surface area contributed by atoms with E-state index >= 15 is 0 Å². The lowest BCUT2D eigenvalue weighted by molar-refractivity contribution is -0.129. The van der Waals surface area contributed by atoms with Gasteiger partial charge in [-0.1, -0.05) is 13.3 Å². The molecule has 7 heteroatoms. The summed E-state index contributed by atoms with van der Waals surface area (Å²) in [5, 5.41) is 9.22. The standard InChI is InChI=1S/C13H23N5O2/c1-4-7-9-11(14)12(17-16-9)13(20)15-8-10(19)18(5-2)6-3/h4-8,14H2,1-3H3,(H,15,20)(H,16,17). The van der Waals surface area contributed by atoms with Crippen LogP contribution in [0.15, 0.2) is 0 Å². The number of aromatic amines is 1. The summed E-state index contributed by atoms with van der Waals surface area (Å²) >= 11 is 0. The van der Waals surface area contributed by atoms with E-state index in [0.717, 1.165) is 18.5 Å². The minimum atomic E-state index is -0.429. The number of hydrogen-bond acceptors (Lipinski definition) is 4. The van der Waals surface area contributed by atoms with Gasteiger partial charge >= 0.3 is 0 Å². The van der Waals surface area contributed by atoms with Crippen LogP contribution in [-0.2, 0) is 11.2 Å². The number of anilines is 1. The molecule has 1 heterocycles. The van der Waals surface area contributed by atoms with Crippen molar-refractivity contribution in [3.63, 3.8) is 0 Å². The molecule has 0 unspecified atom stereocenters. The highest BCUT2D eigenvalue weighted by molar-refractivity contribution is 5.99. The Labute approximate surface area is 118 Å². The van der Waals surface area contributed by atoms with E-state index in [2.05, 4.69) is 15.5 Å². The molecule has 1 rings (SSSR count). The van der Waals surface area contributed by atoms with Crippen LogP contribution >= 0.6 is 0 Å². The second-order valence-electron chi connectivity index (χ2n) is 4.46. The molecule has 4 N–H and O–H groups in total. The summed E-state index contributed by atoms with van der Waals surface area (Å²) in [5.74, 6) is -0.548. The molecular formula is C13H23N5O2. The van der Waals surface area contributed by atoms with Crippen molar-refractivity contribution >= 4 is 17.5 Å². The topological polar surface area (TPSA) is 104 Å². The van der Waals surface area contributed by atoms with E-state index in [-0.39, 0.29) is 18.1 Å². The number of nitrogens with two attached hydrogens (primary N) is 1. The van der Waals surface area contributed by atoms with Crippen molar-refractivity contribution in [2.45, 2.75) is 33.6 Å². The molecule has 20 heavy (non-hydrogen) atoms. The zero-order valence-corrected chi connectivity index (χ0v) is 12.3. The van der Waals surface area contributed by atoms with E-state index in [0.29, 0.717) is 18.8 Å². The van der Waals surface area contributed by atoms with Crippen molar-refractivity contribution in [1.82, 2.24) is 20.4 Å². The molecule has 112 valence electrons. The third-order valence-corrected chi connectivity index (χ3v) is 3.11. The van der Waals surface area contributed by atoms with Crippen LogP contribution in [0.3, 0.4) is 0 Å². The van der Waals surface area contributed by atoms with Crippen LogP contribution < -0.4 is 11.1 Å². The van der Waals surface area contributed by atoms with Gasteiger partial charge in [0.15, 0.2) is 5.69 Å². The Morgan fingerprint density at radius 3 is 2.50 bits per heavy atom. The van der Waals surface area contributed by atoms with Gasteiger partial charge in [-0.05, 0) is 20.3 Å². The van der Waals surface area contributed by atoms with Crippen LogP contribution in [0.25, 0.3) is 0 Å². The van der Waals surface area contributed by atoms with Crippen LogP contribution in [0.2, 0.25) is 0 Å². The van der Waals surface area contributed by atoms with Gasteiger partial charge in [-0.15, -0.1) is 0 Å². The molecule has 0 saturated carbocycles. The van der Waals surface area contributed by atoms with E-state index < -0.39 is 5.91 Å². The number of aryl methyl sites for hydroxylation is 1. The van der Waals surface area contributed by atoms with Crippen LogP contribution in [-0.4, -0.2) is 46.5 Å². The molecule has 1 aromatic rings. The summed E-state index contributed by atoms with van der Waals surface area (Å²) in [5.41, 5.74) is 7.13. The Hall–Kier alpha value is -2.05. The molecule has 0 saturated heterocycles. The third kappa shape index (κ3) is 3.72. The Bertz CT molecular complexity index is 465. The predicted octanol–water partition coefficient (Wildman–Crippen LogP) is 0.543. The molecule has 0 aromatic carbocycles. The number of nitrogens with one attached hydrogen (secondary N) is 2. The molecule has 0 bridgehead atoms. The lowest BCUT2D eigenvalue weighted by Gasteiger charge is -2.18. The Kier molecular flexibility index (Phi) is 6.02. The first kappa shape index (κ1) is 16.0. The fraction of sp³-hybridized carbons (Fsp3) is 0.615. The summed E-state index contributed by atoms with van der Waals surface area (Å²) < 4.78 is 0. The molecule has 0 aliphatic rings. The normalized spacial score (nSPS) is 10.3. The van der Waals surface area contributed by atoms with Crippen molar-refractivity contribution in [2.75, 3.05) is 25.4 Å². The summed E-state index contributed by atoms with van der Waals surface area (Å²) in [6.07, 6.45) is 1.65. The minimum Gasteiger partial charge on any atom is -0.395 e. The largest absolute Gasteiger partial charge is 0.395 e. The molecule has 2 amide bonds. The molecule has 0 aliphatic heterocycles. The van der Waals surface area contributed by atoms with E-state index in [1.54, 1.807) is 4.90 Å². The molecule has 1 aromatic heterocycles. The number of likely N-dealkylation sites (N-methyl/N-ethyl adjacent to an activating group) is 1. The fourth-order valence-electron chi connectivity index (χ4n) is 1.93. The maximum absolute atomic E-state index is 11.9. The Morgan fingerprint density at radius 1 is 1.30 bits per heavy atom. The Balaban J connectivity index is 2.61. The summed E-state index contributed by atoms with van der Waals surface area (Å²) in [6.45, 7) is 7.00. The van der Waals surface area contributed by atoms with Gasteiger partial charge in [0.1, 0.15) is 0 Å². The average Bonchev–Trinajstić information content (AvgIpc) is 2.79. The molecular weight excluding hydrogens is 258 g/mol. The van der Waals surface area contributed by atoms with Gasteiger partial charge in [0, 0.05) is 13.1 Å². The van der Waals surface area contributed by atoms with Crippen molar-refractivity contribution in [3.05, 3.63) is 11.4 Å². The van der Waals surface area contributed by atoms with Crippen LogP contribution in [0.5, 0.6) is 0 Å². The third-order valence-electron chi connectivity index (χ3n) is 3.11. The molecule has 7 nitrogen and oxygen atoms in total. The zero-order valence-electron chi connectivity index (χ0n) is 12.3. The van der Waals surface area contributed by atoms with Crippen molar-refractivity contribution in [2.24, 2.45) is 0 Å². The van der Waals surface area contributed by atoms with Gasteiger partial charge in [-0.3, -0.25) is 14.7 Å². The quantitative estimate of drug-likeness (QED) is 0.678. The van der Waals surface area contributed by atoms with Crippen LogP contribution in [0, 0.1) is 0 Å². The number of H-pyrrole nitrogens is 1. The van der Waals surface area contributed by atoms with Crippen molar-refractivity contribution in [3.8, 4) is 0 Å². The number of nitrogens with zero attached hydrogens (tertiary/aromatic N) is 2. The second kappa shape index (κ2) is 7.52. The van der Waals surface area contributed by atoms with Crippen LogP contribution in [0.4, 0.5) is 5.69 Å². The zero-order chi connectivity index (χ0) is 15.1. The predicted molar refractivity (Wildman–Crippen MR) is 77.3 cm³/mol. The van der Waals surface area contributed by atoms with Gasteiger partial charge in [0.25, 0.3) is 5.91 Å². The molecule has 0 spiro atoms. The van der Waals surface area contributed by atoms with E-state index in [9.17, 15) is 9.59 Å². The Morgan fingerprint density at radius 2 is 1.95 bits per heavy atom. The average molecular weight is 281 g/mol. The van der Waals surface area contributed by atoms with Gasteiger partial charge < -0.3 is 16.0 Å². The monoisotopic (exact) mass is 281 g/mol. The lowest BCUT2D eigenvalue weighted by Crippen LogP contribution is -2.40. The first-order valence-electron chi connectivity index (χ1n) is 6.93. The first-order chi connectivity index (χ1) is 9.54. The number of rotatable bonds is 7. The molecule has 0 aliphatic carbocycles. The number of carbonyl (C=O) groups is 2. The fourth-order valence-corrected chi connectivity index (χ4v) is 1.93. The van der Waals surface area contributed by atoms with E-state index in [1.807, 2.05) is 20.8 Å². The van der Waals surface area contributed by atoms with Gasteiger partial charge in [-0.25, -0.2) is 0 Å². The highest BCUT2D eigenvalue weighted by Crippen LogP contribution is 2.15. The number of nitrogen functional groups attached to an aromatic ring is 1. The molecule has 0 radical (unpaired) electrons. The van der Waals surface area contributed by atoms with Gasteiger partial charge in [0.05, 0.1) is 17.9 Å². The number of hydrogen-bond donors (Lipinski definition) is 3. The van der Waals surface area contributed by atoms with Gasteiger partial charge in [0.2, 0.25) is 5.91 Å². The van der Waals surface area contributed by atoms with Crippen molar-refractivity contribution in [1.29, 1.82) is 0 Å². The minimum absolute atomic E-state index is 0.0457. The second-order valence-corrected chi connectivity index (χ2v) is 4.46. The maximum Gasteiger partial charge on any atom is 0.274 e. The summed E-state index contributed by atoms with van der Waals surface area (Å²) in [4.78, 5) is 25.4. The first-order valence-corrected chi connectivity index (χ1v) is 6.93. The molecule has 0 fully saturated rings. The highest BCUT2D eigenvalue weighted by Gasteiger charge is 2.18. The number of carbonyl (C=O) groups excluding carboxylic acids is 2. The summed E-state index contributed by atoms with van der Waals surface area (Å²) in [6, 6.07) is 0. The SMILES string of the molecule is CCCc1[nH]nc(C(=O)NCC(=O)N(CC)CC)c1N. The smallest absolute Gasteiger partial charge is 0.274 e. The van der Waals surface area contributed by atoms with E-state index in [1.165, 1.54) is 0 Å². The van der Waals surface area contributed by atoms with Crippen molar-refractivity contribution < 1.29 is 9.59 Å². The maximum atomic E-state index is 11.9. The van der Waals surface area contributed by atoms with Crippen LogP contribution in [0.1, 0.15) is 43.4 Å². The number of aromatic nitrogens is 2. The molecule has 0 atom stereocenters. The van der Waals surface area contributed by atoms with Gasteiger partial charge in [-0.2, -0.15) is 5.10 Å². The summed E-state index contributed by atoms with van der Waals surface area (Å²) in [7, 11) is 0. The highest BCUT2D eigenvalue weighted by atomic mass is 16.2. The lowest BCUT2D eigenvalue weighted by atomic mass is 10.2.